The molecule has 0 bridgehead atoms. The molecule has 0 aliphatic heterocycles. The Bertz CT molecular complexity index is 692. The molecule has 2 aromatic rings. The van der Waals surface area contributed by atoms with Crippen LogP contribution in [0, 0.1) is 11.8 Å². The van der Waals surface area contributed by atoms with Crippen LogP contribution < -0.4 is 0 Å². The molecular weight excluding hydrogens is 362 g/mol. The SMILES string of the molecule is CCCCCc1ccc(-c2ccc(CCC3CCC(CCCCC)CC3)cc2)nc1. The predicted molar refractivity (Wildman–Crippen MR) is 131 cm³/mol. The number of hydrogen-bond donors (Lipinski definition) is 0. The number of aryl methyl sites for hydroxylation is 2. The van der Waals surface area contributed by atoms with Gasteiger partial charge in [-0.2, -0.15) is 0 Å². The molecule has 0 amide bonds. The van der Waals surface area contributed by atoms with E-state index in [4.69, 9.17) is 4.98 Å². The standard InChI is InChI=1S/C29H43N/c1-3-5-7-9-24-11-13-25(14-12-24)15-16-26-17-20-28(21-18-26)29-22-19-27(23-30-29)10-8-6-4-2/h17-25H,3-16H2,1-2H3. The summed E-state index contributed by atoms with van der Waals surface area (Å²) in [6, 6.07) is 13.6. The highest BCUT2D eigenvalue weighted by molar-refractivity contribution is 5.59. The van der Waals surface area contributed by atoms with Gasteiger partial charge in [0.15, 0.2) is 0 Å². The van der Waals surface area contributed by atoms with Crippen LogP contribution in [-0.4, -0.2) is 4.98 Å². The molecule has 1 aromatic carbocycles. The van der Waals surface area contributed by atoms with Crippen LogP contribution in [0.15, 0.2) is 42.6 Å². The average Bonchev–Trinajstić information content (AvgIpc) is 2.80. The molecule has 1 aliphatic rings. The molecule has 1 aliphatic carbocycles. The number of rotatable bonds is 12. The summed E-state index contributed by atoms with van der Waals surface area (Å²) in [5.74, 6) is 1.98. The Hall–Kier alpha value is -1.63. The summed E-state index contributed by atoms with van der Waals surface area (Å²) < 4.78 is 0. The molecule has 30 heavy (non-hydrogen) atoms. The van der Waals surface area contributed by atoms with E-state index >= 15 is 0 Å². The Balaban J connectivity index is 1.41. The zero-order valence-electron chi connectivity index (χ0n) is 19.5. The minimum absolute atomic E-state index is 0.953. The van der Waals surface area contributed by atoms with Gasteiger partial charge in [-0.25, -0.2) is 0 Å². The minimum Gasteiger partial charge on any atom is -0.256 e. The predicted octanol–water partition coefficient (Wildman–Crippen LogP) is 8.80. The van der Waals surface area contributed by atoms with Gasteiger partial charge in [-0.3, -0.25) is 4.98 Å². The summed E-state index contributed by atoms with van der Waals surface area (Å²) in [5, 5.41) is 0. The second-order valence-corrected chi connectivity index (χ2v) is 9.63. The van der Waals surface area contributed by atoms with Crippen molar-refractivity contribution in [2.24, 2.45) is 11.8 Å². The third kappa shape index (κ3) is 7.56. The van der Waals surface area contributed by atoms with Gasteiger partial charge in [0.1, 0.15) is 0 Å². The lowest BCUT2D eigenvalue weighted by Crippen LogP contribution is -2.15. The van der Waals surface area contributed by atoms with Crippen molar-refractivity contribution in [1.29, 1.82) is 0 Å². The Morgan fingerprint density at radius 2 is 1.30 bits per heavy atom. The van der Waals surface area contributed by atoms with Crippen LogP contribution in [0.4, 0.5) is 0 Å². The van der Waals surface area contributed by atoms with E-state index in [1.807, 2.05) is 0 Å². The quantitative estimate of drug-likeness (QED) is 0.321. The Morgan fingerprint density at radius 3 is 1.93 bits per heavy atom. The fraction of sp³-hybridized carbons (Fsp3) is 0.621. The maximum atomic E-state index is 4.71. The number of aromatic nitrogens is 1. The van der Waals surface area contributed by atoms with Crippen molar-refractivity contribution in [3.05, 3.63) is 53.7 Å². The van der Waals surface area contributed by atoms with Gasteiger partial charge in [-0.15, -0.1) is 0 Å². The second kappa shape index (κ2) is 12.9. The van der Waals surface area contributed by atoms with Crippen LogP contribution in [-0.2, 0) is 12.8 Å². The summed E-state index contributed by atoms with van der Waals surface area (Å²) >= 11 is 0. The topological polar surface area (TPSA) is 12.9 Å². The summed E-state index contributed by atoms with van der Waals surface area (Å²) in [5.41, 5.74) is 5.19. The van der Waals surface area contributed by atoms with Crippen LogP contribution in [0.3, 0.4) is 0 Å². The van der Waals surface area contributed by atoms with Gasteiger partial charge in [-0.1, -0.05) is 108 Å². The van der Waals surface area contributed by atoms with Crippen LogP contribution in [0.5, 0.6) is 0 Å². The highest BCUT2D eigenvalue weighted by atomic mass is 14.7. The number of benzene rings is 1. The Morgan fingerprint density at radius 1 is 0.667 bits per heavy atom. The maximum absolute atomic E-state index is 4.71. The first-order valence-corrected chi connectivity index (χ1v) is 12.8. The largest absolute Gasteiger partial charge is 0.256 e. The lowest BCUT2D eigenvalue weighted by molar-refractivity contribution is 0.249. The Kier molecular flexibility index (Phi) is 9.93. The third-order valence-electron chi connectivity index (χ3n) is 7.17. The molecule has 0 saturated heterocycles. The van der Waals surface area contributed by atoms with Crippen LogP contribution in [0.1, 0.15) is 102 Å². The Labute approximate surface area is 185 Å². The molecule has 1 nitrogen and oxygen atoms in total. The number of unbranched alkanes of at least 4 members (excludes halogenated alkanes) is 4. The monoisotopic (exact) mass is 405 g/mol. The number of hydrogen-bond acceptors (Lipinski definition) is 1. The average molecular weight is 406 g/mol. The van der Waals surface area contributed by atoms with Crippen molar-refractivity contribution in [2.45, 2.75) is 104 Å². The van der Waals surface area contributed by atoms with Gasteiger partial charge in [0.05, 0.1) is 5.69 Å². The third-order valence-corrected chi connectivity index (χ3v) is 7.17. The molecule has 0 radical (unpaired) electrons. The zero-order valence-corrected chi connectivity index (χ0v) is 19.5. The molecule has 1 heterocycles. The molecule has 1 aromatic heterocycles. The normalized spacial score (nSPS) is 19.1. The van der Waals surface area contributed by atoms with Crippen molar-refractivity contribution in [3.8, 4) is 11.3 Å². The second-order valence-electron chi connectivity index (χ2n) is 9.63. The number of nitrogens with zero attached hydrogens (tertiary/aromatic N) is 1. The fourth-order valence-electron chi connectivity index (χ4n) is 5.03. The highest BCUT2D eigenvalue weighted by Crippen LogP contribution is 2.34. The zero-order chi connectivity index (χ0) is 21.0. The molecule has 1 saturated carbocycles. The summed E-state index contributed by atoms with van der Waals surface area (Å²) in [6.45, 7) is 4.57. The first-order valence-electron chi connectivity index (χ1n) is 12.8. The van der Waals surface area contributed by atoms with Crippen LogP contribution >= 0.6 is 0 Å². The fourth-order valence-corrected chi connectivity index (χ4v) is 5.03. The van der Waals surface area contributed by atoms with Gasteiger partial charge >= 0.3 is 0 Å². The minimum atomic E-state index is 0.953. The van der Waals surface area contributed by atoms with E-state index in [1.165, 1.54) is 100 Å². The van der Waals surface area contributed by atoms with Crippen molar-refractivity contribution in [3.63, 3.8) is 0 Å². The molecule has 164 valence electrons. The highest BCUT2D eigenvalue weighted by Gasteiger charge is 2.20. The molecular formula is C29H43N. The lowest BCUT2D eigenvalue weighted by Gasteiger charge is -2.28. The van der Waals surface area contributed by atoms with Crippen LogP contribution in [0.2, 0.25) is 0 Å². The molecule has 0 unspecified atom stereocenters. The van der Waals surface area contributed by atoms with E-state index in [1.54, 1.807) is 0 Å². The van der Waals surface area contributed by atoms with E-state index in [0.29, 0.717) is 0 Å². The molecule has 0 atom stereocenters. The first-order chi connectivity index (χ1) is 14.8. The van der Waals surface area contributed by atoms with Crippen molar-refractivity contribution < 1.29 is 0 Å². The number of pyridine rings is 1. The molecule has 1 heteroatoms. The molecule has 0 N–H and O–H groups in total. The van der Waals surface area contributed by atoms with Crippen molar-refractivity contribution >= 4 is 0 Å². The maximum Gasteiger partial charge on any atom is 0.0702 e. The molecule has 1 fully saturated rings. The molecule has 3 rings (SSSR count). The molecule has 0 spiro atoms. The van der Waals surface area contributed by atoms with E-state index < -0.39 is 0 Å². The van der Waals surface area contributed by atoms with Gasteiger partial charge in [0, 0.05) is 11.8 Å². The van der Waals surface area contributed by atoms with E-state index in [9.17, 15) is 0 Å². The first kappa shape index (κ1) is 23.0. The smallest absolute Gasteiger partial charge is 0.0702 e. The van der Waals surface area contributed by atoms with Gasteiger partial charge < -0.3 is 0 Å². The van der Waals surface area contributed by atoms with E-state index in [-0.39, 0.29) is 0 Å². The van der Waals surface area contributed by atoms with Gasteiger partial charge in [0.2, 0.25) is 0 Å². The van der Waals surface area contributed by atoms with Crippen molar-refractivity contribution in [2.75, 3.05) is 0 Å². The summed E-state index contributed by atoms with van der Waals surface area (Å²) in [7, 11) is 0. The summed E-state index contributed by atoms with van der Waals surface area (Å²) in [6.07, 6.45) is 21.3. The van der Waals surface area contributed by atoms with Gasteiger partial charge in [-0.05, 0) is 54.7 Å². The van der Waals surface area contributed by atoms with E-state index in [0.717, 1.165) is 24.0 Å². The van der Waals surface area contributed by atoms with Crippen molar-refractivity contribution in [1.82, 2.24) is 4.98 Å². The van der Waals surface area contributed by atoms with E-state index in [2.05, 4.69) is 56.4 Å². The summed E-state index contributed by atoms with van der Waals surface area (Å²) in [4.78, 5) is 4.71. The van der Waals surface area contributed by atoms with Crippen LogP contribution in [0.25, 0.3) is 11.3 Å². The lowest BCUT2D eigenvalue weighted by atomic mass is 9.78. The van der Waals surface area contributed by atoms with Gasteiger partial charge in [0.25, 0.3) is 0 Å².